The number of aromatic nitrogens is 1. The van der Waals surface area contributed by atoms with Crippen molar-refractivity contribution in [2.75, 3.05) is 19.8 Å². The van der Waals surface area contributed by atoms with E-state index in [-0.39, 0.29) is 12.6 Å². The summed E-state index contributed by atoms with van der Waals surface area (Å²) in [5, 5.41) is 10.1. The Labute approximate surface area is 116 Å². The molecule has 0 aliphatic carbocycles. The fraction of sp³-hybridized carbons (Fsp3) is 0.615. The van der Waals surface area contributed by atoms with Gasteiger partial charge >= 0.3 is 5.97 Å². The molecule has 0 saturated carbocycles. The summed E-state index contributed by atoms with van der Waals surface area (Å²) >= 11 is 1.32. The number of aryl methyl sites for hydroxylation is 2. The monoisotopic (exact) mass is 280 g/mol. The summed E-state index contributed by atoms with van der Waals surface area (Å²) in [6, 6.07) is 2.27. The Morgan fingerprint density at radius 2 is 2.21 bits per heavy atom. The van der Waals surface area contributed by atoms with Gasteiger partial charge in [-0.1, -0.05) is 0 Å². The molecule has 1 fully saturated rings. The molecule has 1 aliphatic rings. The highest BCUT2D eigenvalue weighted by Crippen LogP contribution is 2.30. The van der Waals surface area contributed by atoms with Gasteiger partial charge in [-0.3, -0.25) is 0 Å². The molecule has 2 rings (SSSR count). The van der Waals surface area contributed by atoms with E-state index in [1.165, 1.54) is 11.3 Å². The maximum absolute atomic E-state index is 12.0. The third-order valence-electron chi connectivity index (χ3n) is 3.26. The molecule has 1 saturated heterocycles. The summed E-state index contributed by atoms with van der Waals surface area (Å²) in [6.07, 6.45) is 1.22. The van der Waals surface area contributed by atoms with Gasteiger partial charge in [0.2, 0.25) is 0 Å². The van der Waals surface area contributed by atoms with E-state index in [4.69, 9.17) is 9.47 Å². The molecular weight excluding hydrogens is 264 g/mol. The van der Waals surface area contributed by atoms with Crippen LogP contribution in [-0.4, -0.2) is 30.8 Å². The average Bonchev–Trinajstić information content (AvgIpc) is 2.76. The van der Waals surface area contributed by atoms with Crippen LogP contribution in [-0.2, 0) is 9.47 Å². The summed E-state index contributed by atoms with van der Waals surface area (Å²) in [5.74, 6) is -0.385. The molecule has 0 radical (unpaired) electrons. The van der Waals surface area contributed by atoms with Crippen LogP contribution in [0.15, 0.2) is 0 Å². The molecule has 0 spiro atoms. The van der Waals surface area contributed by atoms with Crippen LogP contribution in [0, 0.1) is 30.6 Å². The quantitative estimate of drug-likeness (QED) is 0.794. The van der Waals surface area contributed by atoms with E-state index in [1.54, 1.807) is 6.92 Å². The van der Waals surface area contributed by atoms with Gasteiger partial charge in [-0.15, -0.1) is 11.3 Å². The zero-order chi connectivity index (χ0) is 13.9. The molecule has 0 N–H and O–H groups in total. The van der Waals surface area contributed by atoms with E-state index in [9.17, 15) is 10.1 Å². The van der Waals surface area contributed by atoms with Gasteiger partial charge in [-0.05, 0) is 26.7 Å². The Bertz CT molecular complexity index is 512. The molecule has 2 heterocycles. The van der Waals surface area contributed by atoms with Gasteiger partial charge < -0.3 is 9.47 Å². The zero-order valence-electron chi connectivity index (χ0n) is 11.1. The topological polar surface area (TPSA) is 72.2 Å². The van der Waals surface area contributed by atoms with Crippen molar-refractivity contribution in [3.63, 3.8) is 0 Å². The van der Waals surface area contributed by atoms with Crippen molar-refractivity contribution < 1.29 is 14.3 Å². The minimum Gasteiger partial charge on any atom is -0.460 e. The summed E-state index contributed by atoms with van der Waals surface area (Å²) in [7, 11) is 0. The van der Waals surface area contributed by atoms with E-state index in [1.807, 2.05) is 6.92 Å². The lowest BCUT2D eigenvalue weighted by molar-refractivity contribution is -0.00446. The zero-order valence-corrected chi connectivity index (χ0v) is 11.9. The maximum atomic E-state index is 12.0. The summed E-state index contributed by atoms with van der Waals surface area (Å²) in [4.78, 5) is 16.7. The van der Waals surface area contributed by atoms with E-state index in [0.29, 0.717) is 36.6 Å². The molecule has 0 unspecified atom stereocenters. The fourth-order valence-electron chi connectivity index (χ4n) is 2.04. The summed E-state index contributed by atoms with van der Waals surface area (Å²) in [6.45, 7) is 4.86. The molecule has 1 aromatic rings. The van der Waals surface area contributed by atoms with Crippen LogP contribution in [0.5, 0.6) is 0 Å². The van der Waals surface area contributed by atoms with Crippen molar-refractivity contribution in [1.29, 1.82) is 5.26 Å². The Hall–Kier alpha value is -1.45. The molecule has 19 heavy (non-hydrogen) atoms. The van der Waals surface area contributed by atoms with Gasteiger partial charge in [0, 0.05) is 13.2 Å². The van der Waals surface area contributed by atoms with E-state index in [0.717, 1.165) is 5.01 Å². The first-order chi connectivity index (χ1) is 9.06. The van der Waals surface area contributed by atoms with Gasteiger partial charge in [-0.25, -0.2) is 9.78 Å². The highest BCUT2D eigenvalue weighted by atomic mass is 32.1. The lowest BCUT2D eigenvalue weighted by Gasteiger charge is -2.29. The number of nitrogens with zero attached hydrogens (tertiary/aromatic N) is 2. The van der Waals surface area contributed by atoms with Gasteiger partial charge in [0.25, 0.3) is 0 Å². The fourth-order valence-corrected chi connectivity index (χ4v) is 2.85. The number of hydrogen-bond acceptors (Lipinski definition) is 6. The number of carbonyl (C=O) groups is 1. The normalized spacial score (nSPS) is 17.7. The molecule has 0 aromatic carbocycles. The third kappa shape index (κ3) is 3.11. The van der Waals surface area contributed by atoms with Crippen molar-refractivity contribution in [3.05, 3.63) is 15.6 Å². The number of rotatable bonds is 3. The second-order valence-electron chi connectivity index (χ2n) is 4.73. The first kappa shape index (κ1) is 14.0. The standard InChI is InChI=1S/C13H16N2O3S/c1-9-11(19-10(2)15-9)12(16)18-8-13(7-14)3-5-17-6-4-13/h3-6,8H2,1-2H3. The molecule has 6 heteroatoms. The predicted molar refractivity (Wildman–Crippen MR) is 70.0 cm³/mol. The van der Waals surface area contributed by atoms with Gasteiger partial charge in [0.15, 0.2) is 0 Å². The lowest BCUT2D eigenvalue weighted by Crippen LogP contribution is -2.33. The Morgan fingerprint density at radius 3 is 2.74 bits per heavy atom. The first-order valence-corrected chi connectivity index (χ1v) is 6.98. The first-order valence-electron chi connectivity index (χ1n) is 6.16. The highest BCUT2D eigenvalue weighted by Gasteiger charge is 2.34. The highest BCUT2D eigenvalue weighted by molar-refractivity contribution is 7.13. The van der Waals surface area contributed by atoms with Gasteiger partial charge in [0.1, 0.15) is 11.5 Å². The van der Waals surface area contributed by atoms with Gasteiger partial charge in [-0.2, -0.15) is 5.26 Å². The second kappa shape index (κ2) is 5.68. The van der Waals surface area contributed by atoms with Crippen LogP contribution in [0.4, 0.5) is 0 Å². The van der Waals surface area contributed by atoms with E-state index < -0.39 is 5.41 Å². The SMILES string of the molecule is Cc1nc(C)c(C(=O)OCC2(C#N)CCOCC2)s1. The van der Waals surface area contributed by atoms with Crippen LogP contribution in [0.2, 0.25) is 0 Å². The van der Waals surface area contributed by atoms with Crippen molar-refractivity contribution in [1.82, 2.24) is 4.98 Å². The van der Waals surface area contributed by atoms with E-state index >= 15 is 0 Å². The molecule has 0 atom stereocenters. The molecule has 0 bridgehead atoms. The van der Waals surface area contributed by atoms with Crippen LogP contribution < -0.4 is 0 Å². The average molecular weight is 280 g/mol. The summed E-state index contributed by atoms with van der Waals surface area (Å²) in [5.41, 5.74) is 0.0899. The molecule has 102 valence electrons. The predicted octanol–water partition coefficient (Wildman–Crippen LogP) is 2.24. The number of esters is 1. The maximum Gasteiger partial charge on any atom is 0.350 e. The number of ether oxygens (including phenoxy) is 2. The van der Waals surface area contributed by atoms with Crippen LogP contribution >= 0.6 is 11.3 Å². The van der Waals surface area contributed by atoms with E-state index in [2.05, 4.69) is 11.1 Å². The van der Waals surface area contributed by atoms with Crippen molar-refractivity contribution in [2.24, 2.45) is 5.41 Å². The van der Waals surface area contributed by atoms with Crippen molar-refractivity contribution in [2.45, 2.75) is 26.7 Å². The number of thiazole rings is 1. The second-order valence-corrected chi connectivity index (χ2v) is 5.93. The smallest absolute Gasteiger partial charge is 0.350 e. The van der Waals surface area contributed by atoms with Crippen molar-refractivity contribution >= 4 is 17.3 Å². The number of carbonyl (C=O) groups excluding carboxylic acids is 1. The largest absolute Gasteiger partial charge is 0.460 e. The Balaban J connectivity index is 2.00. The minimum absolute atomic E-state index is 0.127. The lowest BCUT2D eigenvalue weighted by atomic mass is 9.83. The Kier molecular flexibility index (Phi) is 4.17. The minimum atomic E-state index is -0.596. The van der Waals surface area contributed by atoms with Crippen LogP contribution in [0.25, 0.3) is 0 Å². The molecule has 0 amide bonds. The van der Waals surface area contributed by atoms with Gasteiger partial charge in [0.05, 0.1) is 22.2 Å². The molecular formula is C13H16N2O3S. The van der Waals surface area contributed by atoms with Crippen LogP contribution in [0.1, 0.15) is 33.2 Å². The van der Waals surface area contributed by atoms with Crippen molar-refractivity contribution in [3.8, 4) is 6.07 Å². The number of hydrogen-bond donors (Lipinski definition) is 0. The molecule has 1 aromatic heterocycles. The molecule has 5 nitrogen and oxygen atoms in total. The third-order valence-corrected chi connectivity index (χ3v) is 4.31. The molecule has 1 aliphatic heterocycles. The number of nitriles is 1. The summed E-state index contributed by atoms with van der Waals surface area (Å²) < 4.78 is 10.6. The Morgan fingerprint density at radius 1 is 1.53 bits per heavy atom. The van der Waals surface area contributed by atoms with Crippen LogP contribution in [0.3, 0.4) is 0 Å².